The van der Waals surface area contributed by atoms with Crippen LogP contribution in [0.2, 0.25) is 5.02 Å². The molecule has 0 unspecified atom stereocenters. The predicted octanol–water partition coefficient (Wildman–Crippen LogP) is 0.727. The van der Waals surface area contributed by atoms with E-state index >= 15 is 0 Å². The van der Waals surface area contributed by atoms with E-state index < -0.39 is 7.12 Å². The van der Waals surface area contributed by atoms with Gasteiger partial charge in [0.15, 0.2) is 0 Å². The Labute approximate surface area is 88.4 Å². The first-order valence-corrected chi connectivity index (χ1v) is 4.73. The Balaban J connectivity index is 3.10. The van der Waals surface area contributed by atoms with Crippen LogP contribution in [-0.4, -0.2) is 23.8 Å². The van der Waals surface area contributed by atoms with Crippen molar-refractivity contribution in [2.45, 2.75) is 13.8 Å². The fourth-order valence-electron chi connectivity index (χ4n) is 1.19. The third kappa shape index (κ3) is 2.41. The van der Waals surface area contributed by atoms with Gasteiger partial charge in [0.2, 0.25) is 0 Å². The van der Waals surface area contributed by atoms with E-state index in [0.717, 1.165) is 5.56 Å². The molecule has 0 saturated carbocycles. The predicted molar refractivity (Wildman–Crippen MR) is 57.2 cm³/mol. The summed E-state index contributed by atoms with van der Waals surface area (Å²) in [5.74, 6) is 0.668. The first-order valence-electron chi connectivity index (χ1n) is 4.35. The number of rotatable bonds is 3. The van der Waals surface area contributed by atoms with Gasteiger partial charge in [-0.05, 0) is 25.5 Å². The molecule has 14 heavy (non-hydrogen) atoms. The van der Waals surface area contributed by atoms with Gasteiger partial charge in [-0.15, -0.1) is 0 Å². The second-order valence-electron chi connectivity index (χ2n) is 2.95. The molecule has 5 heteroatoms. The molecular formula is C9H12BClO3. The van der Waals surface area contributed by atoms with Crippen LogP contribution < -0.4 is 10.2 Å². The summed E-state index contributed by atoms with van der Waals surface area (Å²) in [5.41, 5.74) is 1.13. The number of hydrogen-bond donors (Lipinski definition) is 2. The van der Waals surface area contributed by atoms with E-state index in [1.165, 1.54) is 0 Å². The smallest absolute Gasteiger partial charge is 0.489 e. The van der Waals surface area contributed by atoms with Gasteiger partial charge >= 0.3 is 7.12 Å². The van der Waals surface area contributed by atoms with Crippen molar-refractivity contribution in [1.82, 2.24) is 0 Å². The van der Waals surface area contributed by atoms with Crippen molar-refractivity contribution in [1.29, 1.82) is 0 Å². The molecule has 0 heterocycles. The molecule has 76 valence electrons. The van der Waals surface area contributed by atoms with Crippen LogP contribution >= 0.6 is 11.6 Å². The number of benzene rings is 1. The van der Waals surface area contributed by atoms with E-state index in [9.17, 15) is 0 Å². The van der Waals surface area contributed by atoms with Gasteiger partial charge in [0.1, 0.15) is 5.75 Å². The van der Waals surface area contributed by atoms with E-state index in [1.54, 1.807) is 12.1 Å². The first-order chi connectivity index (χ1) is 6.56. The minimum absolute atomic E-state index is 0.299. The molecule has 0 radical (unpaired) electrons. The summed E-state index contributed by atoms with van der Waals surface area (Å²) in [6, 6.07) is 3.20. The van der Waals surface area contributed by atoms with Gasteiger partial charge in [0, 0.05) is 10.5 Å². The first kappa shape index (κ1) is 11.4. The van der Waals surface area contributed by atoms with Crippen LogP contribution in [0.15, 0.2) is 12.1 Å². The maximum atomic E-state index is 8.98. The van der Waals surface area contributed by atoms with Gasteiger partial charge in [0.05, 0.1) is 6.61 Å². The highest BCUT2D eigenvalue weighted by atomic mass is 35.5. The average Bonchev–Trinajstić information content (AvgIpc) is 2.10. The molecule has 3 nitrogen and oxygen atoms in total. The lowest BCUT2D eigenvalue weighted by molar-refractivity contribution is 0.338. The molecule has 0 saturated heterocycles. The van der Waals surface area contributed by atoms with Crippen molar-refractivity contribution < 1.29 is 14.8 Å². The zero-order valence-electron chi connectivity index (χ0n) is 8.12. The molecule has 1 aromatic carbocycles. The van der Waals surface area contributed by atoms with Crippen molar-refractivity contribution >= 4 is 24.2 Å². The quantitative estimate of drug-likeness (QED) is 0.729. The van der Waals surface area contributed by atoms with Crippen molar-refractivity contribution in [2.75, 3.05) is 6.61 Å². The van der Waals surface area contributed by atoms with Crippen molar-refractivity contribution in [3.05, 3.63) is 22.7 Å². The topological polar surface area (TPSA) is 49.7 Å². The number of halogens is 1. The Kier molecular flexibility index (Phi) is 3.81. The van der Waals surface area contributed by atoms with E-state index in [1.807, 2.05) is 13.8 Å². The third-order valence-electron chi connectivity index (χ3n) is 1.87. The van der Waals surface area contributed by atoms with Crippen LogP contribution in [0, 0.1) is 6.92 Å². The molecule has 0 atom stereocenters. The summed E-state index contributed by atoms with van der Waals surface area (Å²) >= 11 is 5.83. The Hall–Kier alpha value is -0.705. The lowest BCUT2D eigenvalue weighted by Gasteiger charge is -2.10. The molecule has 2 N–H and O–H groups in total. The molecule has 0 amide bonds. The van der Waals surface area contributed by atoms with Crippen LogP contribution in [0.3, 0.4) is 0 Å². The fraction of sp³-hybridized carbons (Fsp3) is 0.333. The minimum Gasteiger partial charge on any atom is -0.494 e. The normalized spacial score (nSPS) is 10.1. The third-order valence-corrected chi connectivity index (χ3v) is 2.20. The largest absolute Gasteiger partial charge is 0.494 e. The summed E-state index contributed by atoms with van der Waals surface area (Å²) in [6.07, 6.45) is 0. The highest BCUT2D eigenvalue weighted by Crippen LogP contribution is 2.21. The number of hydrogen-bond acceptors (Lipinski definition) is 3. The number of ether oxygens (including phenoxy) is 1. The van der Waals surface area contributed by atoms with Gasteiger partial charge in [-0.25, -0.2) is 0 Å². The summed E-state index contributed by atoms with van der Waals surface area (Å²) in [5, 5.41) is 18.3. The second-order valence-corrected chi connectivity index (χ2v) is 3.35. The van der Waals surface area contributed by atoms with E-state index in [2.05, 4.69) is 0 Å². The monoisotopic (exact) mass is 214 g/mol. The Morgan fingerprint density at radius 1 is 1.43 bits per heavy atom. The standard InChI is InChI=1S/C9H12BClO3/c1-3-14-9-5-8(11)7(10(12)13)4-6(9)2/h4-5,12-13H,3H2,1-2H3. The molecular weight excluding hydrogens is 202 g/mol. The molecule has 0 bridgehead atoms. The average molecular weight is 214 g/mol. The summed E-state index contributed by atoms with van der Waals surface area (Å²) in [7, 11) is -1.54. The fourth-order valence-corrected chi connectivity index (χ4v) is 1.45. The van der Waals surface area contributed by atoms with E-state index in [0.29, 0.717) is 22.8 Å². The minimum atomic E-state index is -1.54. The van der Waals surface area contributed by atoms with Crippen molar-refractivity contribution in [3.8, 4) is 5.75 Å². The summed E-state index contributed by atoms with van der Waals surface area (Å²) in [4.78, 5) is 0. The van der Waals surface area contributed by atoms with Gasteiger partial charge in [0.25, 0.3) is 0 Å². The molecule has 0 spiro atoms. The molecule has 0 aliphatic carbocycles. The zero-order chi connectivity index (χ0) is 10.7. The maximum absolute atomic E-state index is 8.98. The number of aryl methyl sites for hydroxylation is 1. The van der Waals surface area contributed by atoms with Crippen LogP contribution in [0.5, 0.6) is 5.75 Å². The van der Waals surface area contributed by atoms with Crippen LogP contribution in [-0.2, 0) is 0 Å². The van der Waals surface area contributed by atoms with Gasteiger partial charge in [-0.1, -0.05) is 17.7 Å². The molecule has 0 aromatic heterocycles. The lowest BCUT2D eigenvalue weighted by Crippen LogP contribution is -2.31. The Bertz CT molecular complexity index is 328. The maximum Gasteiger partial charge on any atom is 0.489 e. The highest BCUT2D eigenvalue weighted by molar-refractivity contribution is 6.62. The van der Waals surface area contributed by atoms with Crippen LogP contribution in [0.1, 0.15) is 12.5 Å². The van der Waals surface area contributed by atoms with E-state index in [4.69, 9.17) is 26.4 Å². The molecule has 0 aliphatic heterocycles. The van der Waals surface area contributed by atoms with Crippen LogP contribution in [0.25, 0.3) is 0 Å². The van der Waals surface area contributed by atoms with Crippen LogP contribution in [0.4, 0.5) is 0 Å². The molecule has 0 fully saturated rings. The summed E-state index contributed by atoms with van der Waals surface area (Å²) in [6.45, 7) is 4.26. The van der Waals surface area contributed by atoms with Crippen molar-refractivity contribution in [2.24, 2.45) is 0 Å². The van der Waals surface area contributed by atoms with Gasteiger partial charge in [-0.3, -0.25) is 0 Å². The van der Waals surface area contributed by atoms with E-state index in [-0.39, 0.29) is 0 Å². The highest BCUT2D eigenvalue weighted by Gasteiger charge is 2.17. The Morgan fingerprint density at radius 3 is 2.57 bits per heavy atom. The summed E-state index contributed by atoms with van der Waals surface area (Å²) < 4.78 is 5.30. The molecule has 1 aromatic rings. The zero-order valence-corrected chi connectivity index (χ0v) is 8.88. The van der Waals surface area contributed by atoms with Gasteiger partial charge in [-0.2, -0.15) is 0 Å². The molecule has 0 aliphatic rings. The Morgan fingerprint density at radius 2 is 2.07 bits per heavy atom. The van der Waals surface area contributed by atoms with Crippen molar-refractivity contribution in [3.63, 3.8) is 0 Å². The SMILES string of the molecule is CCOc1cc(Cl)c(B(O)O)cc1C. The lowest BCUT2D eigenvalue weighted by atomic mass is 9.79. The van der Waals surface area contributed by atoms with Gasteiger partial charge < -0.3 is 14.8 Å². The molecule has 1 rings (SSSR count). The second kappa shape index (κ2) is 4.69.